The van der Waals surface area contributed by atoms with E-state index in [2.05, 4.69) is 69.8 Å². The van der Waals surface area contributed by atoms with Gasteiger partial charge >= 0.3 is 0 Å². The van der Waals surface area contributed by atoms with Crippen LogP contribution >= 0.6 is 0 Å². The first-order valence-corrected chi connectivity index (χ1v) is 8.92. The Morgan fingerprint density at radius 1 is 1.12 bits per heavy atom. The molecule has 0 saturated carbocycles. The fraction of sp³-hybridized carbons (Fsp3) is 0.292. The van der Waals surface area contributed by atoms with E-state index in [-0.39, 0.29) is 11.2 Å². The Morgan fingerprint density at radius 3 is 2.36 bits per heavy atom. The molecule has 1 nitrogen and oxygen atoms in total. The lowest BCUT2D eigenvalue weighted by Gasteiger charge is -2.25. The third-order valence-electron chi connectivity index (χ3n) is 4.90. The second-order valence-electron chi connectivity index (χ2n) is 6.92. The van der Waals surface area contributed by atoms with Crippen LogP contribution in [0.3, 0.4) is 0 Å². The zero-order chi connectivity index (χ0) is 18.4. The van der Waals surface area contributed by atoms with Gasteiger partial charge in [-0.1, -0.05) is 68.5 Å². The van der Waals surface area contributed by atoms with Crippen molar-refractivity contribution in [3.63, 3.8) is 0 Å². The van der Waals surface area contributed by atoms with Gasteiger partial charge in [0.2, 0.25) is 0 Å². The Balaban J connectivity index is 2.26. The molecule has 0 fully saturated rings. The zero-order valence-electron chi connectivity index (χ0n) is 15.8. The van der Waals surface area contributed by atoms with Gasteiger partial charge in [0.15, 0.2) is 5.78 Å². The van der Waals surface area contributed by atoms with Crippen molar-refractivity contribution in [1.29, 1.82) is 0 Å². The van der Waals surface area contributed by atoms with Crippen LogP contribution in [-0.2, 0) is 11.8 Å². The summed E-state index contributed by atoms with van der Waals surface area (Å²) in [5.41, 5.74) is 5.65. The quantitative estimate of drug-likeness (QED) is 0.335. The van der Waals surface area contributed by atoms with Crippen LogP contribution in [0.2, 0.25) is 0 Å². The molecule has 1 heteroatoms. The van der Waals surface area contributed by atoms with Gasteiger partial charge in [-0.2, -0.15) is 0 Å². The van der Waals surface area contributed by atoms with Crippen molar-refractivity contribution < 1.29 is 4.79 Å². The minimum absolute atomic E-state index is 0.0228. The summed E-state index contributed by atoms with van der Waals surface area (Å²) >= 11 is 0. The molecule has 2 aromatic rings. The van der Waals surface area contributed by atoms with Crippen LogP contribution in [0.1, 0.15) is 59.8 Å². The van der Waals surface area contributed by atoms with Gasteiger partial charge in [-0.05, 0) is 61.6 Å². The molecule has 130 valence electrons. The first kappa shape index (κ1) is 18.9. The lowest BCUT2D eigenvalue weighted by Crippen LogP contribution is -2.17. The summed E-state index contributed by atoms with van der Waals surface area (Å²) in [4.78, 5) is 11.9. The summed E-state index contributed by atoms with van der Waals surface area (Å²) in [7, 11) is 0. The molecule has 2 rings (SSSR count). The second-order valence-corrected chi connectivity index (χ2v) is 6.92. The van der Waals surface area contributed by atoms with Crippen LogP contribution in [-0.4, -0.2) is 5.78 Å². The number of hydrogen-bond donors (Lipinski definition) is 0. The number of benzene rings is 2. The number of allylic oxidation sites excluding steroid dienone is 3. The van der Waals surface area contributed by atoms with Crippen molar-refractivity contribution in [2.45, 2.75) is 46.0 Å². The molecule has 2 aromatic carbocycles. The lowest BCUT2D eigenvalue weighted by atomic mass is 9.79. The fourth-order valence-electron chi connectivity index (χ4n) is 3.25. The van der Waals surface area contributed by atoms with E-state index in [1.165, 1.54) is 17.2 Å². The lowest BCUT2D eigenvalue weighted by molar-refractivity contribution is 0.104. The average Bonchev–Trinajstić information content (AvgIpc) is 2.61. The van der Waals surface area contributed by atoms with Crippen molar-refractivity contribution in [1.82, 2.24) is 0 Å². The SMILES string of the molecule is C=CC(=O)c1cc(C)cc(Cc2ccc(C(C)(C=CC)CC)cc2)c1. The Hall–Kier alpha value is -2.41. The second kappa shape index (κ2) is 8.11. The highest BCUT2D eigenvalue weighted by atomic mass is 16.1. The summed E-state index contributed by atoms with van der Waals surface area (Å²) in [5.74, 6) is -0.0228. The van der Waals surface area contributed by atoms with Crippen LogP contribution in [0.15, 0.2) is 67.3 Å². The number of hydrogen-bond acceptors (Lipinski definition) is 1. The maximum atomic E-state index is 11.9. The molecule has 0 bridgehead atoms. The van der Waals surface area contributed by atoms with Gasteiger partial charge in [0.1, 0.15) is 0 Å². The van der Waals surface area contributed by atoms with E-state index in [0.717, 1.165) is 24.0 Å². The van der Waals surface area contributed by atoms with Crippen LogP contribution in [0, 0.1) is 6.92 Å². The Bertz CT molecular complexity index is 780. The molecule has 0 heterocycles. The van der Waals surface area contributed by atoms with E-state index >= 15 is 0 Å². The van der Waals surface area contributed by atoms with Crippen LogP contribution in [0.4, 0.5) is 0 Å². The van der Waals surface area contributed by atoms with Crippen molar-refractivity contribution in [3.8, 4) is 0 Å². The summed E-state index contributed by atoms with van der Waals surface area (Å²) in [6.07, 6.45) is 7.67. The van der Waals surface area contributed by atoms with E-state index in [1.54, 1.807) is 0 Å². The van der Waals surface area contributed by atoms with Crippen molar-refractivity contribution in [2.24, 2.45) is 0 Å². The molecule has 0 radical (unpaired) electrons. The molecule has 0 aliphatic carbocycles. The minimum Gasteiger partial charge on any atom is -0.289 e. The maximum absolute atomic E-state index is 11.9. The molecule has 0 saturated heterocycles. The largest absolute Gasteiger partial charge is 0.289 e. The molecule has 0 aliphatic heterocycles. The third-order valence-corrected chi connectivity index (χ3v) is 4.90. The van der Waals surface area contributed by atoms with E-state index < -0.39 is 0 Å². The van der Waals surface area contributed by atoms with E-state index in [9.17, 15) is 4.79 Å². The predicted octanol–water partition coefficient (Wildman–Crippen LogP) is 6.20. The normalized spacial score (nSPS) is 13.6. The smallest absolute Gasteiger partial charge is 0.185 e. The van der Waals surface area contributed by atoms with Crippen LogP contribution < -0.4 is 0 Å². The Morgan fingerprint density at radius 2 is 1.80 bits per heavy atom. The highest BCUT2D eigenvalue weighted by Gasteiger charge is 2.20. The number of carbonyl (C=O) groups excluding carboxylic acids is 1. The summed E-state index contributed by atoms with van der Waals surface area (Å²) < 4.78 is 0. The predicted molar refractivity (Wildman–Crippen MR) is 107 cm³/mol. The molecular formula is C24H28O. The van der Waals surface area contributed by atoms with Crippen molar-refractivity contribution in [3.05, 3.63) is 95.1 Å². The van der Waals surface area contributed by atoms with E-state index in [1.807, 2.05) is 19.1 Å². The van der Waals surface area contributed by atoms with Crippen molar-refractivity contribution in [2.75, 3.05) is 0 Å². The van der Waals surface area contributed by atoms with Gasteiger partial charge in [0.05, 0.1) is 0 Å². The molecule has 25 heavy (non-hydrogen) atoms. The zero-order valence-corrected chi connectivity index (χ0v) is 15.8. The van der Waals surface area contributed by atoms with Gasteiger partial charge in [0.25, 0.3) is 0 Å². The molecule has 0 amide bonds. The first-order chi connectivity index (χ1) is 11.9. The molecular weight excluding hydrogens is 304 g/mol. The highest BCUT2D eigenvalue weighted by molar-refractivity contribution is 6.04. The fourth-order valence-corrected chi connectivity index (χ4v) is 3.25. The Kier molecular flexibility index (Phi) is 6.14. The van der Waals surface area contributed by atoms with Crippen LogP contribution in [0.5, 0.6) is 0 Å². The topological polar surface area (TPSA) is 17.1 Å². The molecule has 0 spiro atoms. The first-order valence-electron chi connectivity index (χ1n) is 8.92. The summed E-state index contributed by atoms with van der Waals surface area (Å²) in [5, 5.41) is 0. The van der Waals surface area contributed by atoms with Gasteiger partial charge in [-0.15, -0.1) is 0 Å². The maximum Gasteiger partial charge on any atom is 0.185 e. The number of carbonyl (C=O) groups is 1. The van der Waals surface area contributed by atoms with Gasteiger partial charge in [0, 0.05) is 11.0 Å². The minimum atomic E-state index is -0.0228. The van der Waals surface area contributed by atoms with Gasteiger partial charge in [-0.3, -0.25) is 4.79 Å². The molecule has 0 aliphatic rings. The number of ketones is 1. The van der Waals surface area contributed by atoms with E-state index in [0.29, 0.717) is 5.56 Å². The highest BCUT2D eigenvalue weighted by Crippen LogP contribution is 2.29. The van der Waals surface area contributed by atoms with Crippen LogP contribution in [0.25, 0.3) is 0 Å². The monoisotopic (exact) mass is 332 g/mol. The van der Waals surface area contributed by atoms with Gasteiger partial charge in [-0.25, -0.2) is 0 Å². The standard InChI is InChI=1S/C24H28O/c1-6-13-24(5,8-3)22-11-9-19(10-12-22)16-20-14-18(4)15-21(17-20)23(25)7-2/h6-7,9-15,17H,2,8,16H2,1,3-5H3. The molecule has 0 N–H and O–H groups in total. The number of rotatable bonds is 7. The average molecular weight is 332 g/mol. The molecule has 1 unspecified atom stereocenters. The van der Waals surface area contributed by atoms with Crippen molar-refractivity contribution >= 4 is 5.78 Å². The summed E-state index contributed by atoms with van der Waals surface area (Å²) in [6.45, 7) is 12.2. The summed E-state index contributed by atoms with van der Waals surface area (Å²) in [6, 6.07) is 14.9. The third kappa shape index (κ3) is 4.57. The van der Waals surface area contributed by atoms with E-state index in [4.69, 9.17) is 0 Å². The molecule has 0 aromatic heterocycles. The molecule has 1 atom stereocenters. The Labute approximate surface area is 152 Å². The number of aryl methyl sites for hydroxylation is 1. The van der Waals surface area contributed by atoms with Gasteiger partial charge < -0.3 is 0 Å².